The molecule has 0 aliphatic rings. The topological polar surface area (TPSA) is 110 Å². The van der Waals surface area contributed by atoms with Crippen LogP contribution in [0.2, 0.25) is 0 Å². The lowest BCUT2D eigenvalue weighted by atomic mass is 10.1. The highest BCUT2D eigenvalue weighted by Gasteiger charge is 2.22. The van der Waals surface area contributed by atoms with E-state index in [9.17, 15) is 9.59 Å². The van der Waals surface area contributed by atoms with Crippen molar-refractivity contribution in [2.75, 3.05) is 17.2 Å². The molecule has 0 aliphatic heterocycles. The highest BCUT2D eigenvalue weighted by molar-refractivity contribution is 5.63. The number of oxazole rings is 1. The van der Waals surface area contributed by atoms with Gasteiger partial charge in [0.1, 0.15) is 17.8 Å². The Morgan fingerprint density at radius 3 is 2.50 bits per heavy atom. The molecule has 3 aromatic rings. The third-order valence-electron chi connectivity index (χ3n) is 5.18. The summed E-state index contributed by atoms with van der Waals surface area (Å²) in [7, 11) is 0. The van der Waals surface area contributed by atoms with E-state index in [1.165, 1.54) is 10.1 Å². The molecule has 0 aliphatic carbocycles. The number of hydrogen-bond donors (Lipinski definition) is 2. The van der Waals surface area contributed by atoms with Gasteiger partial charge in [0.05, 0.1) is 12.2 Å². The SMILES string of the molecule is Cc1ccc(-c2nc(CN(CC(C)C)c3c(N)n(CC(C)C)c(=O)[nH]c3=O)co2)c(C)c1. The Morgan fingerprint density at radius 1 is 1.16 bits per heavy atom. The number of nitrogens with zero attached hydrogens (tertiary/aromatic N) is 3. The lowest BCUT2D eigenvalue weighted by Crippen LogP contribution is -2.40. The molecule has 1 aromatic carbocycles. The third-order valence-corrected chi connectivity index (χ3v) is 5.18. The summed E-state index contributed by atoms with van der Waals surface area (Å²) in [6.45, 7) is 13.5. The molecule has 3 N–H and O–H groups in total. The first-order chi connectivity index (χ1) is 15.1. The van der Waals surface area contributed by atoms with Crippen molar-refractivity contribution in [3.05, 3.63) is 62.1 Å². The average molecular weight is 440 g/mol. The standard InChI is InChI=1S/C24H33N5O3/c1-14(2)10-28(20-21(25)29(11-15(3)4)24(31)27-22(20)30)12-18-13-32-23(26-18)19-8-7-16(5)9-17(19)6/h7-9,13-15H,10-12,25H2,1-6H3,(H,27,30,31). The van der Waals surface area contributed by atoms with Gasteiger partial charge in [0.25, 0.3) is 5.56 Å². The van der Waals surface area contributed by atoms with Crippen molar-refractivity contribution in [2.45, 2.75) is 54.6 Å². The van der Waals surface area contributed by atoms with Gasteiger partial charge in [-0.1, -0.05) is 45.4 Å². The molecule has 8 heteroatoms. The highest BCUT2D eigenvalue weighted by atomic mass is 16.3. The zero-order valence-corrected chi connectivity index (χ0v) is 19.7. The summed E-state index contributed by atoms with van der Waals surface area (Å²) in [5.74, 6) is 1.16. The number of anilines is 2. The maximum absolute atomic E-state index is 12.8. The average Bonchev–Trinajstić information content (AvgIpc) is 3.12. The number of nitrogen functional groups attached to an aromatic ring is 1. The fourth-order valence-electron chi connectivity index (χ4n) is 3.86. The van der Waals surface area contributed by atoms with Gasteiger partial charge in [-0.3, -0.25) is 14.3 Å². The molecule has 2 heterocycles. The molecule has 0 unspecified atom stereocenters. The second kappa shape index (κ2) is 9.46. The molecule has 32 heavy (non-hydrogen) atoms. The van der Waals surface area contributed by atoms with Crippen molar-refractivity contribution in [1.82, 2.24) is 14.5 Å². The van der Waals surface area contributed by atoms with Crippen LogP contribution in [0.3, 0.4) is 0 Å². The molecule has 0 amide bonds. The Hall–Kier alpha value is -3.29. The van der Waals surface area contributed by atoms with E-state index < -0.39 is 11.2 Å². The Kier molecular flexibility index (Phi) is 6.91. The smallest absolute Gasteiger partial charge is 0.330 e. The van der Waals surface area contributed by atoms with Crippen LogP contribution in [0.4, 0.5) is 11.5 Å². The molecule has 172 valence electrons. The summed E-state index contributed by atoms with van der Waals surface area (Å²) >= 11 is 0. The number of H-pyrrole nitrogens is 1. The second-order valence-corrected chi connectivity index (χ2v) is 9.23. The highest BCUT2D eigenvalue weighted by Crippen LogP contribution is 2.26. The van der Waals surface area contributed by atoms with Crippen LogP contribution in [0.25, 0.3) is 11.5 Å². The van der Waals surface area contributed by atoms with Crippen molar-refractivity contribution >= 4 is 11.5 Å². The summed E-state index contributed by atoms with van der Waals surface area (Å²) in [6.07, 6.45) is 1.61. The molecule has 0 radical (unpaired) electrons. The van der Waals surface area contributed by atoms with Gasteiger partial charge >= 0.3 is 5.69 Å². The fourth-order valence-corrected chi connectivity index (χ4v) is 3.86. The monoisotopic (exact) mass is 439 g/mol. The van der Waals surface area contributed by atoms with E-state index in [1.807, 2.05) is 44.7 Å². The molecule has 2 aromatic heterocycles. The Morgan fingerprint density at radius 2 is 1.88 bits per heavy atom. The first kappa shape index (κ1) is 23.4. The van der Waals surface area contributed by atoms with Crippen molar-refractivity contribution in [2.24, 2.45) is 11.8 Å². The van der Waals surface area contributed by atoms with E-state index >= 15 is 0 Å². The summed E-state index contributed by atoms with van der Waals surface area (Å²) in [5, 5.41) is 0. The molecule has 0 bridgehead atoms. The van der Waals surface area contributed by atoms with Crippen LogP contribution >= 0.6 is 0 Å². The lowest BCUT2D eigenvalue weighted by Gasteiger charge is -2.27. The van der Waals surface area contributed by atoms with Crippen LogP contribution < -0.4 is 21.9 Å². The number of aromatic nitrogens is 3. The molecule has 3 rings (SSSR count). The van der Waals surface area contributed by atoms with Crippen LogP contribution in [-0.2, 0) is 13.1 Å². The number of nitrogens with two attached hydrogens (primary N) is 1. The van der Waals surface area contributed by atoms with E-state index in [-0.39, 0.29) is 23.3 Å². The van der Waals surface area contributed by atoms with Gasteiger partial charge in [0.15, 0.2) is 0 Å². The fraction of sp³-hybridized carbons (Fsp3) is 0.458. The van der Waals surface area contributed by atoms with Gasteiger partial charge in [-0.2, -0.15) is 0 Å². The van der Waals surface area contributed by atoms with Gasteiger partial charge in [-0.15, -0.1) is 0 Å². The Bertz CT molecular complexity index is 1200. The zero-order chi connectivity index (χ0) is 23.6. The summed E-state index contributed by atoms with van der Waals surface area (Å²) in [5.41, 5.74) is 9.52. The molecular formula is C24H33N5O3. The first-order valence-corrected chi connectivity index (χ1v) is 11.0. The number of rotatable bonds is 8. The number of aryl methyl sites for hydroxylation is 2. The Labute approximate surface area is 188 Å². The maximum Gasteiger partial charge on any atom is 0.330 e. The van der Waals surface area contributed by atoms with Gasteiger partial charge in [0, 0.05) is 18.7 Å². The second-order valence-electron chi connectivity index (χ2n) is 9.23. The van der Waals surface area contributed by atoms with Crippen LogP contribution in [-0.4, -0.2) is 21.1 Å². The van der Waals surface area contributed by atoms with Crippen LogP contribution in [0.5, 0.6) is 0 Å². The molecule has 0 saturated heterocycles. The van der Waals surface area contributed by atoms with Gasteiger partial charge in [-0.05, 0) is 37.3 Å². The molecule has 0 saturated carbocycles. The first-order valence-electron chi connectivity index (χ1n) is 11.0. The maximum atomic E-state index is 12.8. The largest absolute Gasteiger partial charge is 0.444 e. The van der Waals surface area contributed by atoms with E-state index in [4.69, 9.17) is 10.2 Å². The van der Waals surface area contributed by atoms with E-state index in [1.54, 1.807) is 6.26 Å². The van der Waals surface area contributed by atoms with Crippen molar-refractivity contribution < 1.29 is 4.42 Å². The normalized spacial score (nSPS) is 11.5. The zero-order valence-electron chi connectivity index (χ0n) is 19.7. The minimum atomic E-state index is -0.494. The molecular weight excluding hydrogens is 406 g/mol. The van der Waals surface area contributed by atoms with Crippen molar-refractivity contribution in [3.63, 3.8) is 0 Å². The summed E-state index contributed by atoms with van der Waals surface area (Å²) < 4.78 is 7.19. The van der Waals surface area contributed by atoms with E-state index in [0.29, 0.717) is 31.2 Å². The number of benzene rings is 1. The van der Waals surface area contributed by atoms with E-state index in [0.717, 1.165) is 11.1 Å². The van der Waals surface area contributed by atoms with Gasteiger partial charge in [0.2, 0.25) is 5.89 Å². The predicted octanol–water partition coefficient (Wildman–Crippen LogP) is 3.71. The summed E-state index contributed by atoms with van der Waals surface area (Å²) in [6, 6.07) is 6.11. The van der Waals surface area contributed by atoms with Crippen molar-refractivity contribution in [3.8, 4) is 11.5 Å². The predicted molar refractivity (Wildman–Crippen MR) is 128 cm³/mol. The molecule has 0 spiro atoms. The van der Waals surface area contributed by atoms with Crippen molar-refractivity contribution in [1.29, 1.82) is 0 Å². The minimum Gasteiger partial charge on any atom is -0.444 e. The molecule has 0 fully saturated rings. The number of hydrogen-bond acceptors (Lipinski definition) is 6. The van der Waals surface area contributed by atoms with Crippen LogP contribution in [0, 0.1) is 25.7 Å². The van der Waals surface area contributed by atoms with Crippen LogP contribution in [0.1, 0.15) is 44.5 Å². The quantitative estimate of drug-likeness (QED) is 0.554. The van der Waals surface area contributed by atoms with Crippen LogP contribution in [0.15, 0.2) is 38.5 Å². The minimum absolute atomic E-state index is 0.172. The molecule has 0 atom stereocenters. The number of nitrogens with one attached hydrogen (secondary N) is 1. The lowest BCUT2D eigenvalue weighted by molar-refractivity contribution is 0.505. The van der Waals surface area contributed by atoms with Gasteiger partial charge < -0.3 is 15.1 Å². The number of aromatic amines is 1. The summed E-state index contributed by atoms with van der Waals surface area (Å²) in [4.78, 5) is 34.1. The van der Waals surface area contributed by atoms with E-state index in [2.05, 4.69) is 29.9 Å². The Balaban J connectivity index is 2.00. The molecule has 8 nitrogen and oxygen atoms in total. The van der Waals surface area contributed by atoms with Gasteiger partial charge in [-0.25, -0.2) is 9.78 Å². The third kappa shape index (κ3) is 5.12.